The topological polar surface area (TPSA) is 46.9 Å². The largest absolute Gasteiger partial charge is 0.449 e. The van der Waals surface area contributed by atoms with E-state index in [9.17, 15) is 18.0 Å². The van der Waals surface area contributed by atoms with Crippen molar-refractivity contribution in [3.05, 3.63) is 24.0 Å². The molecule has 19 heavy (non-hydrogen) atoms. The molecule has 0 unspecified atom stereocenters. The highest BCUT2D eigenvalue weighted by Crippen LogP contribution is 2.31. The van der Waals surface area contributed by atoms with Gasteiger partial charge in [-0.15, -0.1) is 11.6 Å². The van der Waals surface area contributed by atoms with Crippen molar-refractivity contribution in [3.8, 4) is 0 Å². The Morgan fingerprint density at radius 3 is 2.74 bits per heavy atom. The molecule has 0 aliphatic heterocycles. The van der Waals surface area contributed by atoms with Crippen molar-refractivity contribution in [1.29, 1.82) is 0 Å². The molecule has 0 radical (unpaired) electrons. The normalized spacial score (nSPS) is 11.8. The van der Waals surface area contributed by atoms with Gasteiger partial charge in [0, 0.05) is 12.7 Å². The average Bonchev–Trinajstić information content (AvgIpc) is 2.66. The summed E-state index contributed by atoms with van der Waals surface area (Å²) >= 11 is 5.33. The molecule has 1 aromatic carbocycles. The monoisotopic (exact) mass is 291 g/mol. The van der Waals surface area contributed by atoms with Gasteiger partial charge in [-0.05, 0) is 18.2 Å². The van der Waals surface area contributed by atoms with Gasteiger partial charge in [-0.25, -0.2) is 4.98 Å². The molecule has 1 N–H and O–H groups in total. The van der Waals surface area contributed by atoms with Crippen molar-refractivity contribution in [3.63, 3.8) is 0 Å². The summed E-state index contributed by atoms with van der Waals surface area (Å²) < 4.78 is 39.0. The van der Waals surface area contributed by atoms with Crippen LogP contribution in [0.4, 0.5) is 18.9 Å². The minimum atomic E-state index is -4.52. The number of nitrogens with zero attached hydrogens (tertiary/aromatic N) is 2. The number of fused-ring (bicyclic) bond motifs is 1. The van der Waals surface area contributed by atoms with Crippen LogP contribution >= 0.6 is 11.6 Å². The lowest BCUT2D eigenvalue weighted by molar-refractivity contribution is -0.146. The molecule has 0 atom stereocenters. The van der Waals surface area contributed by atoms with Crippen molar-refractivity contribution < 1.29 is 18.0 Å². The van der Waals surface area contributed by atoms with E-state index in [1.165, 1.54) is 25.2 Å². The van der Waals surface area contributed by atoms with Gasteiger partial charge < -0.3 is 9.88 Å². The van der Waals surface area contributed by atoms with E-state index in [0.29, 0.717) is 11.2 Å². The van der Waals surface area contributed by atoms with E-state index < -0.39 is 17.9 Å². The number of aryl methyl sites for hydroxylation is 1. The average molecular weight is 292 g/mol. The van der Waals surface area contributed by atoms with Crippen LogP contribution in [0.2, 0.25) is 0 Å². The smallest absolute Gasteiger partial charge is 0.325 e. The number of hydrogen-bond acceptors (Lipinski definition) is 2. The number of hydrogen-bond donors (Lipinski definition) is 1. The lowest BCUT2D eigenvalue weighted by Crippen LogP contribution is -2.12. The number of carbonyl (C=O) groups excluding carboxylic acids is 1. The van der Waals surface area contributed by atoms with E-state index in [-0.39, 0.29) is 11.4 Å². The fourth-order valence-corrected chi connectivity index (χ4v) is 1.79. The third-order valence-electron chi connectivity index (χ3n) is 2.54. The first-order chi connectivity index (χ1) is 8.82. The van der Waals surface area contributed by atoms with Crippen molar-refractivity contribution in [1.82, 2.24) is 9.55 Å². The van der Waals surface area contributed by atoms with Gasteiger partial charge in [0.15, 0.2) is 0 Å². The highest BCUT2D eigenvalue weighted by molar-refractivity contribution is 6.29. The molecule has 8 heteroatoms. The maximum atomic E-state index is 12.7. The molecule has 1 amide bonds. The zero-order chi connectivity index (χ0) is 14.2. The van der Waals surface area contributed by atoms with Crippen molar-refractivity contribution in [2.45, 2.75) is 6.18 Å². The summed E-state index contributed by atoms with van der Waals surface area (Å²) in [6.45, 7) is 0. The molecule has 1 aromatic heterocycles. The SMILES string of the molecule is Cn1c(C(F)(F)F)nc2cc(NC(=O)CCl)ccc21. The second kappa shape index (κ2) is 4.73. The van der Waals surface area contributed by atoms with Crippen molar-refractivity contribution >= 4 is 34.2 Å². The Morgan fingerprint density at radius 1 is 1.47 bits per heavy atom. The van der Waals surface area contributed by atoms with Crippen LogP contribution in [0, 0.1) is 0 Å². The number of rotatable bonds is 2. The highest BCUT2D eigenvalue weighted by Gasteiger charge is 2.36. The highest BCUT2D eigenvalue weighted by atomic mass is 35.5. The van der Waals surface area contributed by atoms with Crippen LogP contribution in [-0.2, 0) is 18.0 Å². The van der Waals surface area contributed by atoms with Crippen LogP contribution in [0.1, 0.15) is 5.82 Å². The Morgan fingerprint density at radius 2 is 2.16 bits per heavy atom. The molecule has 0 saturated carbocycles. The third-order valence-corrected chi connectivity index (χ3v) is 2.78. The van der Waals surface area contributed by atoms with Crippen LogP contribution in [0.3, 0.4) is 0 Å². The van der Waals surface area contributed by atoms with Gasteiger partial charge in [0.05, 0.1) is 11.0 Å². The van der Waals surface area contributed by atoms with Crippen LogP contribution in [0.25, 0.3) is 11.0 Å². The van der Waals surface area contributed by atoms with Gasteiger partial charge >= 0.3 is 6.18 Å². The molecule has 0 aliphatic rings. The summed E-state index contributed by atoms with van der Waals surface area (Å²) in [4.78, 5) is 14.6. The first-order valence-corrected chi connectivity index (χ1v) is 5.76. The van der Waals surface area contributed by atoms with E-state index >= 15 is 0 Å². The van der Waals surface area contributed by atoms with E-state index in [2.05, 4.69) is 10.3 Å². The van der Waals surface area contributed by atoms with E-state index in [0.717, 1.165) is 4.57 Å². The third kappa shape index (κ3) is 2.65. The number of amides is 1. The van der Waals surface area contributed by atoms with Gasteiger partial charge in [0.25, 0.3) is 0 Å². The van der Waals surface area contributed by atoms with Gasteiger partial charge in [-0.3, -0.25) is 4.79 Å². The lowest BCUT2D eigenvalue weighted by Gasteiger charge is -2.05. The number of carbonyl (C=O) groups is 1. The van der Waals surface area contributed by atoms with Crippen molar-refractivity contribution in [2.75, 3.05) is 11.2 Å². The van der Waals surface area contributed by atoms with Crippen LogP contribution in [-0.4, -0.2) is 21.3 Å². The summed E-state index contributed by atoms with van der Waals surface area (Å²) in [6, 6.07) is 4.32. The zero-order valence-corrected chi connectivity index (χ0v) is 10.5. The molecule has 0 bridgehead atoms. The molecular formula is C11H9ClF3N3O. The number of halogens is 4. The second-order valence-electron chi connectivity index (χ2n) is 3.88. The Labute approximate surface area is 111 Å². The quantitative estimate of drug-likeness (QED) is 0.865. The number of anilines is 1. The second-order valence-corrected chi connectivity index (χ2v) is 4.14. The Hall–Kier alpha value is -1.76. The minimum absolute atomic E-state index is 0.155. The predicted molar refractivity (Wildman–Crippen MR) is 65.1 cm³/mol. The summed E-state index contributed by atoms with van der Waals surface area (Å²) in [5.74, 6) is -1.65. The molecule has 2 aromatic rings. The van der Waals surface area contributed by atoms with E-state index in [1.807, 2.05) is 0 Å². The van der Waals surface area contributed by atoms with Gasteiger partial charge in [0.1, 0.15) is 5.88 Å². The molecule has 2 rings (SSSR count). The van der Waals surface area contributed by atoms with Crippen LogP contribution in [0.15, 0.2) is 18.2 Å². The van der Waals surface area contributed by atoms with E-state index in [1.54, 1.807) is 0 Å². The Balaban J connectivity index is 2.47. The maximum absolute atomic E-state index is 12.7. The van der Waals surface area contributed by atoms with Crippen molar-refractivity contribution in [2.24, 2.45) is 7.05 Å². The first kappa shape index (κ1) is 13.7. The predicted octanol–water partition coefficient (Wildman–Crippen LogP) is 2.77. The number of benzene rings is 1. The molecule has 4 nitrogen and oxygen atoms in total. The number of nitrogens with one attached hydrogen (secondary N) is 1. The van der Waals surface area contributed by atoms with E-state index in [4.69, 9.17) is 11.6 Å². The fraction of sp³-hybridized carbons (Fsp3) is 0.273. The molecule has 0 fully saturated rings. The minimum Gasteiger partial charge on any atom is -0.325 e. The zero-order valence-electron chi connectivity index (χ0n) is 9.75. The molecule has 1 heterocycles. The summed E-state index contributed by atoms with van der Waals surface area (Å²) in [5, 5.41) is 2.45. The lowest BCUT2D eigenvalue weighted by atomic mass is 10.2. The number of imidazole rings is 1. The van der Waals surface area contributed by atoms with Gasteiger partial charge in [-0.1, -0.05) is 0 Å². The molecular weight excluding hydrogens is 283 g/mol. The Bertz CT molecular complexity index is 636. The fourth-order valence-electron chi connectivity index (χ4n) is 1.73. The first-order valence-electron chi connectivity index (χ1n) is 5.22. The van der Waals surface area contributed by atoms with Gasteiger partial charge in [-0.2, -0.15) is 13.2 Å². The molecule has 0 saturated heterocycles. The van der Waals surface area contributed by atoms with Crippen LogP contribution in [0.5, 0.6) is 0 Å². The summed E-state index contributed by atoms with van der Waals surface area (Å²) in [5.41, 5.74) is 0.836. The standard InChI is InChI=1S/C11H9ClF3N3O/c1-18-8-3-2-6(16-9(19)5-12)4-7(8)17-10(18)11(13,14)15/h2-4H,5H2,1H3,(H,16,19). The summed E-state index contributed by atoms with van der Waals surface area (Å²) in [7, 11) is 1.29. The summed E-state index contributed by atoms with van der Waals surface area (Å²) in [6.07, 6.45) is -4.52. The molecule has 0 spiro atoms. The number of alkyl halides is 4. The maximum Gasteiger partial charge on any atom is 0.449 e. The number of aromatic nitrogens is 2. The van der Waals surface area contributed by atoms with Gasteiger partial charge in [0.2, 0.25) is 11.7 Å². The van der Waals surface area contributed by atoms with Crippen LogP contribution < -0.4 is 5.32 Å². The molecule has 0 aliphatic carbocycles. The Kier molecular flexibility index (Phi) is 3.40. The molecule has 102 valence electrons.